The summed E-state index contributed by atoms with van der Waals surface area (Å²) in [6.07, 6.45) is 1.51. The van der Waals surface area contributed by atoms with Crippen LogP contribution in [0.2, 0.25) is 0 Å². The Morgan fingerprint density at radius 1 is 1.09 bits per heavy atom. The van der Waals surface area contributed by atoms with Gasteiger partial charge in [0.15, 0.2) is 0 Å². The molecule has 0 aliphatic heterocycles. The van der Waals surface area contributed by atoms with Gasteiger partial charge in [-0.3, -0.25) is 4.79 Å². The van der Waals surface area contributed by atoms with Gasteiger partial charge in [0.1, 0.15) is 5.82 Å². The molecule has 0 fully saturated rings. The third-order valence-electron chi connectivity index (χ3n) is 3.36. The Bertz CT molecular complexity index is 795. The zero-order valence-electron chi connectivity index (χ0n) is 12.0. The van der Waals surface area contributed by atoms with E-state index in [4.69, 9.17) is 0 Å². The highest BCUT2D eigenvalue weighted by Crippen LogP contribution is 2.16. The van der Waals surface area contributed by atoms with E-state index >= 15 is 0 Å². The number of para-hydroxylation sites is 1. The lowest BCUT2D eigenvalue weighted by Crippen LogP contribution is -2.13. The number of carbonyl (C=O) groups is 1. The molecule has 110 valence electrons. The lowest BCUT2D eigenvalue weighted by molar-refractivity contribution is 0.102. The highest BCUT2D eigenvalue weighted by molar-refractivity contribution is 6.04. The van der Waals surface area contributed by atoms with Crippen LogP contribution >= 0.6 is 0 Å². The van der Waals surface area contributed by atoms with Gasteiger partial charge < -0.3 is 5.32 Å². The van der Waals surface area contributed by atoms with Crippen molar-refractivity contribution in [1.82, 2.24) is 9.78 Å². The van der Waals surface area contributed by atoms with Crippen LogP contribution in [0.1, 0.15) is 16.1 Å². The van der Waals surface area contributed by atoms with Gasteiger partial charge in [0, 0.05) is 5.69 Å². The third-order valence-corrected chi connectivity index (χ3v) is 3.36. The average Bonchev–Trinajstić information content (AvgIpc) is 2.91. The largest absolute Gasteiger partial charge is 0.322 e. The molecule has 0 atom stereocenters. The molecule has 2 aromatic carbocycles. The summed E-state index contributed by atoms with van der Waals surface area (Å²) in [6.45, 7) is 1.80. The number of halogens is 1. The summed E-state index contributed by atoms with van der Waals surface area (Å²) in [5, 5.41) is 7.03. The van der Waals surface area contributed by atoms with Crippen molar-refractivity contribution in [2.24, 2.45) is 0 Å². The summed E-state index contributed by atoms with van der Waals surface area (Å²) < 4.78 is 14.6. The molecule has 0 bridgehead atoms. The van der Waals surface area contributed by atoms with Gasteiger partial charge in [-0.1, -0.05) is 18.2 Å². The van der Waals surface area contributed by atoms with Crippen LogP contribution in [0, 0.1) is 12.7 Å². The SMILES string of the molecule is Cc1c(C(=O)Nc2ccccc2)cnn1-c1ccc(F)cc1. The molecule has 3 aromatic rings. The number of anilines is 1. The smallest absolute Gasteiger partial charge is 0.259 e. The molecule has 0 unspecified atom stereocenters. The number of rotatable bonds is 3. The molecule has 0 radical (unpaired) electrons. The number of hydrogen-bond donors (Lipinski definition) is 1. The fourth-order valence-electron chi connectivity index (χ4n) is 2.20. The van der Waals surface area contributed by atoms with Crippen LogP contribution in [0.5, 0.6) is 0 Å². The van der Waals surface area contributed by atoms with Crippen LogP contribution in [-0.4, -0.2) is 15.7 Å². The van der Waals surface area contributed by atoms with Crippen molar-refractivity contribution in [2.75, 3.05) is 5.32 Å². The first kappa shape index (κ1) is 14.0. The van der Waals surface area contributed by atoms with Gasteiger partial charge >= 0.3 is 0 Å². The second-order valence-corrected chi connectivity index (χ2v) is 4.85. The number of hydrogen-bond acceptors (Lipinski definition) is 2. The second kappa shape index (κ2) is 5.81. The van der Waals surface area contributed by atoms with Gasteiger partial charge in [-0.05, 0) is 43.3 Å². The molecule has 1 amide bonds. The topological polar surface area (TPSA) is 46.9 Å². The standard InChI is InChI=1S/C17H14FN3O/c1-12-16(17(22)20-14-5-3-2-4-6-14)11-19-21(12)15-9-7-13(18)8-10-15/h2-11H,1H3,(H,20,22). The van der Waals surface area contributed by atoms with Crippen molar-refractivity contribution in [2.45, 2.75) is 6.92 Å². The first-order chi connectivity index (χ1) is 10.6. The average molecular weight is 295 g/mol. The van der Waals surface area contributed by atoms with Crippen molar-refractivity contribution >= 4 is 11.6 Å². The molecule has 3 rings (SSSR count). The molecule has 5 heteroatoms. The Morgan fingerprint density at radius 3 is 2.45 bits per heavy atom. The van der Waals surface area contributed by atoms with Gasteiger partial charge in [-0.25, -0.2) is 9.07 Å². The molecule has 1 heterocycles. The van der Waals surface area contributed by atoms with Crippen LogP contribution in [0.25, 0.3) is 5.69 Å². The Labute approximate surface area is 127 Å². The molecule has 1 aromatic heterocycles. The molecule has 4 nitrogen and oxygen atoms in total. The minimum Gasteiger partial charge on any atom is -0.322 e. The van der Waals surface area contributed by atoms with Crippen LogP contribution in [0.4, 0.5) is 10.1 Å². The molecule has 0 aliphatic rings. The van der Waals surface area contributed by atoms with E-state index in [-0.39, 0.29) is 11.7 Å². The summed E-state index contributed by atoms with van der Waals surface area (Å²) in [6, 6.07) is 15.2. The highest BCUT2D eigenvalue weighted by Gasteiger charge is 2.15. The van der Waals surface area contributed by atoms with Gasteiger partial charge in [0.25, 0.3) is 5.91 Å². The van der Waals surface area contributed by atoms with Crippen LogP contribution < -0.4 is 5.32 Å². The summed E-state index contributed by atoms with van der Waals surface area (Å²) in [5.41, 5.74) is 2.60. The maximum atomic E-state index is 13.0. The number of benzene rings is 2. The predicted molar refractivity (Wildman–Crippen MR) is 82.7 cm³/mol. The number of amides is 1. The summed E-state index contributed by atoms with van der Waals surface area (Å²) in [7, 11) is 0. The molecule has 0 spiro atoms. The van der Waals surface area contributed by atoms with E-state index < -0.39 is 0 Å². The van der Waals surface area contributed by atoms with Gasteiger partial charge in [-0.15, -0.1) is 0 Å². The zero-order chi connectivity index (χ0) is 15.5. The third kappa shape index (κ3) is 2.74. The quantitative estimate of drug-likeness (QED) is 0.803. The highest BCUT2D eigenvalue weighted by atomic mass is 19.1. The van der Waals surface area contributed by atoms with E-state index in [1.54, 1.807) is 23.7 Å². The van der Waals surface area contributed by atoms with Crippen molar-refractivity contribution in [3.05, 3.63) is 77.9 Å². The lowest BCUT2D eigenvalue weighted by Gasteiger charge is -2.06. The number of carbonyl (C=O) groups excluding carboxylic acids is 1. The van der Waals surface area contributed by atoms with Crippen molar-refractivity contribution in [1.29, 1.82) is 0 Å². The Hall–Kier alpha value is -2.95. The van der Waals surface area contributed by atoms with Gasteiger partial charge in [0.2, 0.25) is 0 Å². The van der Waals surface area contributed by atoms with E-state index in [1.165, 1.54) is 18.3 Å². The Morgan fingerprint density at radius 2 is 1.77 bits per heavy atom. The second-order valence-electron chi connectivity index (χ2n) is 4.85. The van der Waals surface area contributed by atoms with E-state index in [2.05, 4.69) is 10.4 Å². The first-order valence-corrected chi connectivity index (χ1v) is 6.82. The number of nitrogens with one attached hydrogen (secondary N) is 1. The van der Waals surface area contributed by atoms with Crippen molar-refractivity contribution in [3.63, 3.8) is 0 Å². The predicted octanol–water partition coefficient (Wildman–Crippen LogP) is 3.57. The molecular formula is C17H14FN3O. The van der Waals surface area contributed by atoms with Crippen LogP contribution in [-0.2, 0) is 0 Å². The fraction of sp³-hybridized carbons (Fsp3) is 0.0588. The van der Waals surface area contributed by atoms with E-state index in [0.29, 0.717) is 16.9 Å². The molecular weight excluding hydrogens is 281 g/mol. The molecule has 0 saturated heterocycles. The molecule has 1 N–H and O–H groups in total. The maximum Gasteiger partial charge on any atom is 0.259 e. The summed E-state index contributed by atoms with van der Waals surface area (Å²) in [5.74, 6) is -0.535. The zero-order valence-corrected chi connectivity index (χ0v) is 12.0. The maximum absolute atomic E-state index is 13.0. The van der Waals surface area contributed by atoms with Crippen molar-refractivity contribution < 1.29 is 9.18 Å². The van der Waals surface area contributed by atoms with E-state index in [1.807, 2.05) is 30.3 Å². The van der Waals surface area contributed by atoms with Crippen LogP contribution in [0.15, 0.2) is 60.8 Å². The number of nitrogens with zero attached hydrogens (tertiary/aromatic N) is 2. The monoisotopic (exact) mass is 295 g/mol. The van der Waals surface area contributed by atoms with E-state index in [9.17, 15) is 9.18 Å². The lowest BCUT2D eigenvalue weighted by atomic mass is 10.2. The Kier molecular flexibility index (Phi) is 3.70. The minimum atomic E-state index is -0.310. The first-order valence-electron chi connectivity index (χ1n) is 6.82. The molecule has 0 saturated carbocycles. The normalized spacial score (nSPS) is 10.5. The molecule has 0 aliphatic carbocycles. The fourth-order valence-corrected chi connectivity index (χ4v) is 2.20. The van der Waals surface area contributed by atoms with Crippen molar-refractivity contribution in [3.8, 4) is 5.69 Å². The Balaban J connectivity index is 1.87. The van der Waals surface area contributed by atoms with Gasteiger partial charge in [-0.2, -0.15) is 5.10 Å². The number of aromatic nitrogens is 2. The molecule has 22 heavy (non-hydrogen) atoms. The summed E-state index contributed by atoms with van der Waals surface area (Å²) >= 11 is 0. The minimum absolute atomic E-state index is 0.225. The summed E-state index contributed by atoms with van der Waals surface area (Å²) in [4.78, 5) is 12.3. The van der Waals surface area contributed by atoms with Gasteiger partial charge in [0.05, 0.1) is 23.1 Å². The van der Waals surface area contributed by atoms with Crippen LogP contribution in [0.3, 0.4) is 0 Å². The van der Waals surface area contributed by atoms with E-state index in [0.717, 1.165) is 5.69 Å².